The highest BCUT2D eigenvalue weighted by Crippen LogP contribution is 2.46. The molecule has 0 amide bonds. The van der Waals surface area contributed by atoms with Gasteiger partial charge in [0.1, 0.15) is 0 Å². The van der Waals surface area contributed by atoms with Crippen molar-refractivity contribution in [1.29, 1.82) is 0 Å². The van der Waals surface area contributed by atoms with E-state index < -0.39 is 5.97 Å². The van der Waals surface area contributed by atoms with Crippen LogP contribution in [-0.4, -0.2) is 35.1 Å². The van der Waals surface area contributed by atoms with Crippen LogP contribution in [0.25, 0.3) is 0 Å². The van der Waals surface area contributed by atoms with E-state index >= 15 is 0 Å². The molecule has 3 heteroatoms. The number of carboxylic acids is 1. The first kappa shape index (κ1) is 10.9. The Balaban J connectivity index is 1.86. The first-order valence-electron chi connectivity index (χ1n) is 6.16. The Hall–Kier alpha value is -0.570. The normalized spacial score (nSPS) is 33.9. The summed E-state index contributed by atoms with van der Waals surface area (Å²) in [5.41, 5.74) is 0. The van der Waals surface area contributed by atoms with E-state index in [0.29, 0.717) is 12.5 Å². The molecule has 0 saturated heterocycles. The van der Waals surface area contributed by atoms with E-state index in [-0.39, 0.29) is 0 Å². The van der Waals surface area contributed by atoms with Gasteiger partial charge in [0.05, 0.1) is 6.42 Å². The zero-order valence-corrected chi connectivity index (χ0v) is 9.48. The van der Waals surface area contributed by atoms with E-state index in [2.05, 4.69) is 11.8 Å². The van der Waals surface area contributed by atoms with E-state index in [1.165, 1.54) is 25.7 Å². The maximum atomic E-state index is 10.6. The number of hydrogen-bond donors (Lipinski definition) is 1. The van der Waals surface area contributed by atoms with E-state index in [0.717, 1.165) is 24.9 Å². The average molecular weight is 211 g/mol. The second-order valence-corrected chi connectivity index (χ2v) is 5.01. The molecule has 86 valence electrons. The summed E-state index contributed by atoms with van der Waals surface area (Å²) in [6, 6.07) is 0.688. The van der Waals surface area contributed by atoms with Crippen molar-refractivity contribution in [3.8, 4) is 0 Å². The Morgan fingerprint density at radius 2 is 2.20 bits per heavy atom. The number of nitrogens with zero attached hydrogens (tertiary/aromatic N) is 1. The van der Waals surface area contributed by atoms with Crippen LogP contribution in [0.4, 0.5) is 0 Å². The van der Waals surface area contributed by atoms with Crippen LogP contribution >= 0.6 is 0 Å². The lowest BCUT2D eigenvalue weighted by molar-refractivity contribution is -0.137. The van der Waals surface area contributed by atoms with Crippen molar-refractivity contribution >= 4 is 5.97 Å². The van der Waals surface area contributed by atoms with Gasteiger partial charge in [0, 0.05) is 12.6 Å². The molecule has 15 heavy (non-hydrogen) atoms. The molecule has 0 aromatic rings. The van der Waals surface area contributed by atoms with Gasteiger partial charge in [-0.25, -0.2) is 0 Å². The summed E-state index contributed by atoms with van der Waals surface area (Å²) in [4.78, 5) is 13.0. The monoisotopic (exact) mass is 211 g/mol. The lowest BCUT2D eigenvalue weighted by Gasteiger charge is -2.33. The van der Waals surface area contributed by atoms with E-state index in [9.17, 15) is 4.79 Å². The van der Waals surface area contributed by atoms with E-state index in [1.807, 2.05) is 0 Å². The van der Waals surface area contributed by atoms with Gasteiger partial charge in [-0.3, -0.25) is 9.69 Å². The second-order valence-electron chi connectivity index (χ2n) is 5.01. The summed E-state index contributed by atoms with van der Waals surface area (Å²) < 4.78 is 0. The Kier molecular flexibility index (Phi) is 3.29. The van der Waals surface area contributed by atoms with Crippen LogP contribution in [0.2, 0.25) is 0 Å². The highest BCUT2D eigenvalue weighted by molar-refractivity contribution is 5.66. The molecular weight excluding hydrogens is 190 g/mol. The fraction of sp³-hybridized carbons (Fsp3) is 0.917. The Morgan fingerprint density at radius 3 is 2.67 bits per heavy atom. The predicted molar refractivity (Wildman–Crippen MR) is 58.7 cm³/mol. The van der Waals surface area contributed by atoms with Crippen molar-refractivity contribution in [3.63, 3.8) is 0 Å². The number of aliphatic carboxylic acids is 1. The van der Waals surface area contributed by atoms with E-state index in [1.54, 1.807) is 0 Å². The van der Waals surface area contributed by atoms with Gasteiger partial charge in [0.2, 0.25) is 0 Å². The molecule has 2 saturated carbocycles. The molecule has 0 heterocycles. The third-order valence-electron chi connectivity index (χ3n) is 4.19. The lowest BCUT2D eigenvalue weighted by atomic mass is 9.94. The van der Waals surface area contributed by atoms with Crippen molar-refractivity contribution in [1.82, 2.24) is 4.90 Å². The summed E-state index contributed by atoms with van der Waals surface area (Å²) >= 11 is 0. The molecule has 0 aromatic carbocycles. The van der Waals surface area contributed by atoms with Crippen LogP contribution in [0.15, 0.2) is 0 Å². The summed E-state index contributed by atoms with van der Waals surface area (Å²) in [5, 5.41) is 8.71. The Morgan fingerprint density at radius 1 is 1.40 bits per heavy atom. The van der Waals surface area contributed by atoms with Gasteiger partial charge in [0.15, 0.2) is 0 Å². The van der Waals surface area contributed by atoms with E-state index in [4.69, 9.17) is 5.11 Å². The maximum absolute atomic E-state index is 10.6. The second kappa shape index (κ2) is 4.52. The number of hydrogen-bond acceptors (Lipinski definition) is 2. The number of fused-ring (bicyclic) bond motifs is 2. The Bertz CT molecular complexity index is 242. The molecule has 2 bridgehead atoms. The molecule has 3 unspecified atom stereocenters. The molecule has 0 aliphatic heterocycles. The van der Waals surface area contributed by atoms with Crippen molar-refractivity contribution in [3.05, 3.63) is 0 Å². The smallest absolute Gasteiger partial charge is 0.304 e. The maximum Gasteiger partial charge on any atom is 0.304 e. The molecule has 2 aliphatic rings. The number of carbonyl (C=O) groups is 1. The zero-order chi connectivity index (χ0) is 10.8. The van der Waals surface area contributed by atoms with Crippen molar-refractivity contribution < 1.29 is 9.90 Å². The zero-order valence-electron chi connectivity index (χ0n) is 9.48. The molecule has 0 spiro atoms. The molecule has 2 fully saturated rings. The fourth-order valence-electron chi connectivity index (χ4n) is 3.46. The summed E-state index contributed by atoms with van der Waals surface area (Å²) in [6.45, 7) is 3.88. The van der Waals surface area contributed by atoms with Crippen LogP contribution in [-0.2, 0) is 4.79 Å². The minimum Gasteiger partial charge on any atom is -0.481 e. The van der Waals surface area contributed by atoms with Crippen LogP contribution in [0, 0.1) is 11.8 Å². The topological polar surface area (TPSA) is 40.5 Å². The third kappa shape index (κ3) is 2.33. The van der Waals surface area contributed by atoms with Crippen LogP contribution < -0.4 is 0 Å². The van der Waals surface area contributed by atoms with Gasteiger partial charge < -0.3 is 5.11 Å². The van der Waals surface area contributed by atoms with Crippen LogP contribution in [0.5, 0.6) is 0 Å². The number of rotatable bonds is 5. The van der Waals surface area contributed by atoms with Gasteiger partial charge >= 0.3 is 5.97 Å². The molecule has 1 N–H and O–H groups in total. The Labute approximate surface area is 91.5 Å². The molecule has 3 atom stereocenters. The minimum atomic E-state index is -0.670. The SMILES string of the molecule is CCN(CCC(=O)O)C1CC2CCC1C2. The number of carboxylic acid groups (broad SMARTS) is 1. The summed E-state index contributed by atoms with van der Waals surface area (Å²) in [5.74, 6) is 1.14. The van der Waals surface area contributed by atoms with Gasteiger partial charge in [-0.15, -0.1) is 0 Å². The van der Waals surface area contributed by atoms with Crippen LogP contribution in [0.3, 0.4) is 0 Å². The summed E-state index contributed by atoms with van der Waals surface area (Å²) in [6.07, 6.45) is 5.80. The summed E-state index contributed by atoms with van der Waals surface area (Å²) in [7, 11) is 0. The molecular formula is C12H21NO2. The first-order chi connectivity index (χ1) is 7.20. The largest absolute Gasteiger partial charge is 0.481 e. The molecule has 3 nitrogen and oxygen atoms in total. The van der Waals surface area contributed by atoms with Gasteiger partial charge in [-0.2, -0.15) is 0 Å². The lowest BCUT2D eigenvalue weighted by Crippen LogP contribution is -2.40. The van der Waals surface area contributed by atoms with Gasteiger partial charge in [0.25, 0.3) is 0 Å². The minimum absolute atomic E-state index is 0.293. The van der Waals surface area contributed by atoms with Gasteiger partial charge in [-0.05, 0) is 37.6 Å². The molecule has 2 rings (SSSR count). The molecule has 0 radical (unpaired) electrons. The third-order valence-corrected chi connectivity index (χ3v) is 4.19. The van der Waals surface area contributed by atoms with Crippen molar-refractivity contribution in [2.75, 3.05) is 13.1 Å². The quantitative estimate of drug-likeness (QED) is 0.756. The van der Waals surface area contributed by atoms with Crippen molar-refractivity contribution in [2.45, 2.75) is 45.1 Å². The standard InChI is InChI=1S/C12H21NO2/c1-2-13(6-5-12(14)15)11-8-9-3-4-10(11)7-9/h9-11H,2-8H2,1H3,(H,14,15). The highest BCUT2D eigenvalue weighted by Gasteiger charge is 2.41. The molecule has 0 aromatic heterocycles. The highest BCUT2D eigenvalue weighted by atomic mass is 16.4. The van der Waals surface area contributed by atoms with Crippen LogP contribution in [0.1, 0.15) is 39.0 Å². The van der Waals surface area contributed by atoms with Crippen molar-refractivity contribution in [2.24, 2.45) is 11.8 Å². The first-order valence-corrected chi connectivity index (χ1v) is 6.16. The fourth-order valence-corrected chi connectivity index (χ4v) is 3.46. The van der Waals surface area contributed by atoms with Gasteiger partial charge in [-0.1, -0.05) is 13.3 Å². The predicted octanol–water partition coefficient (Wildman–Crippen LogP) is 1.97. The average Bonchev–Trinajstić information content (AvgIpc) is 2.79. The molecule has 2 aliphatic carbocycles.